The van der Waals surface area contributed by atoms with Crippen molar-refractivity contribution in [3.8, 4) is 0 Å². The molecule has 1 fully saturated rings. The van der Waals surface area contributed by atoms with Crippen molar-refractivity contribution in [1.82, 2.24) is 4.90 Å². The van der Waals surface area contributed by atoms with Crippen molar-refractivity contribution >= 4 is 5.97 Å². The summed E-state index contributed by atoms with van der Waals surface area (Å²) in [4.78, 5) is 14.0. The Balaban J connectivity index is 3.04. The zero-order valence-corrected chi connectivity index (χ0v) is 12.8. The van der Waals surface area contributed by atoms with Crippen molar-refractivity contribution in [2.75, 3.05) is 20.7 Å². The number of likely N-dealkylation sites (N-methyl/N-ethyl adjacent to an activating group) is 1. The first-order chi connectivity index (χ1) is 8.06. The number of carbonyl (C=O) groups is 1. The highest BCUT2D eigenvalue weighted by Gasteiger charge is 2.59. The Morgan fingerprint density at radius 2 is 1.83 bits per heavy atom. The van der Waals surface area contributed by atoms with Gasteiger partial charge in [0.2, 0.25) is 0 Å². The summed E-state index contributed by atoms with van der Waals surface area (Å²) in [5.74, 6) is -0.152. The van der Waals surface area contributed by atoms with Crippen LogP contribution in [0.5, 0.6) is 0 Å². The summed E-state index contributed by atoms with van der Waals surface area (Å²) in [5, 5.41) is 0. The van der Waals surface area contributed by atoms with E-state index in [9.17, 15) is 4.79 Å². The standard InChI is InChI=1S/C14H27NO3/c1-8-17-11(16)9-14(15(6)7)10-12(2,3)18-13(14,4)5/h8-10H2,1-7H3. The van der Waals surface area contributed by atoms with E-state index in [1.54, 1.807) is 0 Å². The summed E-state index contributed by atoms with van der Waals surface area (Å²) in [6.07, 6.45) is 1.18. The molecule has 1 atom stereocenters. The molecule has 106 valence electrons. The fourth-order valence-electron chi connectivity index (χ4n) is 3.32. The molecular weight excluding hydrogens is 230 g/mol. The lowest BCUT2D eigenvalue weighted by atomic mass is 9.75. The molecule has 0 radical (unpaired) electrons. The molecule has 1 heterocycles. The van der Waals surface area contributed by atoms with Gasteiger partial charge in [0.05, 0.1) is 29.8 Å². The Bertz CT molecular complexity index is 323. The molecular formula is C14H27NO3. The third-order valence-electron chi connectivity index (χ3n) is 3.97. The summed E-state index contributed by atoms with van der Waals surface area (Å²) in [6.45, 7) is 10.5. The van der Waals surface area contributed by atoms with Crippen LogP contribution >= 0.6 is 0 Å². The first kappa shape index (κ1) is 15.4. The van der Waals surface area contributed by atoms with Crippen molar-refractivity contribution in [2.24, 2.45) is 0 Å². The molecule has 0 N–H and O–H groups in total. The molecule has 4 nitrogen and oxygen atoms in total. The van der Waals surface area contributed by atoms with Gasteiger partial charge >= 0.3 is 5.97 Å². The van der Waals surface area contributed by atoms with Gasteiger partial charge in [-0.1, -0.05) is 0 Å². The highest BCUT2D eigenvalue weighted by molar-refractivity contribution is 5.71. The van der Waals surface area contributed by atoms with Gasteiger partial charge < -0.3 is 14.4 Å². The second-order valence-corrected chi connectivity index (χ2v) is 6.46. The minimum Gasteiger partial charge on any atom is -0.466 e. The van der Waals surface area contributed by atoms with Gasteiger partial charge in [-0.15, -0.1) is 0 Å². The zero-order valence-electron chi connectivity index (χ0n) is 12.8. The zero-order chi connectivity index (χ0) is 14.2. The summed E-state index contributed by atoms with van der Waals surface area (Å²) in [5.41, 5.74) is -0.921. The van der Waals surface area contributed by atoms with Crippen molar-refractivity contribution in [3.63, 3.8) is 0 Å². The van der Waals surface area contributed by atoms with Gasteiger partial charge in [-0.2, -0.15) is 0 Å². The van der Waals surface area contributed by atoms with Crippen molar-refractivity contribution in [1.29, 1.82) is 0 Å². The van der Waals surface area contributed by atoms with E-state index in [0.29, 0.717) is 13.0 Å². The molecule has 0 aromatic carbocycles. The van der Waals surface area contributed by atoms with Crippen LogP contribution in [0.25, 0.3) is 0 Å². The van der Waals surface area contributed by atoms with Crippen molar-refractivity contribution in [2.45, 2.75) is 64.2 Å². The maximum absolute atomic E-state index is 11.9. The molecule has 1 unspecified atom stereocenters. The number of nitrogens with zero attached hydrogens (tertiary/aromatic N) is 1. The maximum atomic E-state index is 11.9. The van der Waals surface area contributed by atoms with Crippen molar-refractivity contribution < 1.29 is 14.3 Å². The van der Waals surface area contributed by atoms with Gasteiger partial charge in [0.25, 0.3) is 0 Å². The van der Waals surface area contributed by atoms with E-state index >= 15 is 0 Å². The Morgan fingerprint density at radius 3 is 2.17 bits per heavy atom. The van der Waals surface area contributed by atoms with Crippen LogP contribution in [0.4, 0.5) is 0 Å². The third kappa shape index (κ3) is 2.69. The number of hydrogen-bond donors (Lipinski definition) is 0. The van der Waals surface area contributed by atoms with E-state index in [4.69, 9.17) is 9.47 Å². The quantitative estimate of drug-likeness (QED) is 0.724. The van der Waals surface area contributed by atoms with E-state index in [2.05, 4.69) is 32.6 Å². The fourth-order valence-corrected chi connectivity index (χ4v) is 3.32. The average molecular weight is 257 g/mol. The fraction of sp³-hybridized carbons (Fsp3) is 0.929. The minimum atomic E-state index is -0.382. The third-order valence-corrected chi connectivity index (χ3v) is 3.97. The summed E-state index contributed by atoms with van der Waals surface area (Å²) < 4.78 is 11.3. The van der Waals surface area contributed by atoms with Crippen LogP contribution in [0.3, 0.4) is 0 Å². The van der Waals surface area contributed by atoms with Gasteiger partial charge in [0.1, 0.15) is 0 Å². The average Bonchev–Trinajstić information content (AvgIpc) is 2.31. The molecule has 0 aromatic heterocycles. The number of esters is 1. The number of hydrogen-bond acceptors (Lipinski definition) is 4. The van der Waals surface area contributed by atoms with Crippen LogP contribution in [0.15, 0.2) is 0 Å². The van der Waals surface area contributed by atoms with E-state index < -0.39 is 0 Å². The molecule has 1 saturated heterocycles. The molecule has 1 rings (SSSR count). The Morgan fingerprint density at radius 1 is 1.28 bits per heavy atom. The molecule has 1 aliphatic heterocycles. The lowest BCUT2D eigenvalue weighted by Crippen LogP contribution is -2.57. The predicted octanol–water partition coefficient (Wildman–Crippen LogP) is 2.22. The van der Waals surface area contributed by atoms with Gasteiger partial charge in [-0.3, -0.25) is 4.79 Å². The molecule has 0 aromatic rings. The first-order valence-corrected chi connectivity index (χ1v) is 6.59. The van der Waals surface area contributed by atoms with Crippen LogP contribution in [-0.2, 0) is 14.3 Å². The van der Waals surface area contributed by atoms with E-state index in [1.807, 2.05) is 21.0 Å². The smallest absolute Gasteiger partial charge is 0.307 e. The molecule has 0 amide bonds. The molecule has 0 spiro atoms. The molecule has 4 heteroatoms. The van der Waals surface area contributed by atoms with Gasteiger partial charge in [-0.25, -0.2) is 0 Å². The molecule has 18 heavy (non-hydrogen) atoms. The highest BCUT2D eigenvalue weighted by atomic mass is 16.5. The number of ether oxygens (including phenoxy) is 2. The topological polar surface area (TPSA) is 38.8 Å². The highest BCUT2D eigenvalue weighted by Crippen LogP contribution is 2.49. The monoisotopic (exact) mass is 257 g/mol. The van der Waals surface area contributed by atoms with Crippen LogP contribution < -0.4 is 0 Å². The lowest BCUT2D eigenvalue weighted by molar-refractivity contribution is -0.151. The van der Waals surface area contributed by atoms with Gasteiger partial charge in [0.15, 0.2) is 0 Å². The summed E-state index contributed by atoms with van der Waals surface area (Å²) in [6, 6.07) is 0. The summed E-state index contributed by atoms with van der Waals surface area (Å²) in [7, 11) is 4.01. The second-order valence-electron chi connectivity index (χ2n) is 6.46. The van der Waals surface area contributed by atoms with Gasteiger partial charge in [0, 0.05) is 0 Å². The normalized spacial score (nSPS) is 29.6. The predicted molar refractivity (Wildman–Crippen MR) is 71.5 cm³/mol. The largest absolute Gasteiger partial charge is 0.466 e. The van der Waals surface area contributed by atoms with E-state index in [1.165, 1.54) is 0 Å². The Labute approximate surface area is 111 Å². The molecule has 1 aliphatic rings. The minimum absolute atomic E-state index is 0.152. The Hall–Kier alpha value is -0.610. The van der Waals surface area contributed by atoms with Crippen LogP contribution in [-0.4, -0.2) is 48.3 Å². The number of rotatable bonds is 4. The second kappa shape index (κ2) is 4.82. The van der Waals surface area contributed by atoms with E-state index in [-0.39, 0.29) is 22.7 Å². The first-order valence-electron chi connectivity index (χ1n) is 6.59. The van der Waals surface area contributed by atoms with Crippen LogP contribution in [0, 0.1) is 0 Å². The molecule has 0 bridgehead atoms. The van der Waals surface area contributed by atoms with Crippen LogP contribution in [0.1, 0.15) is 47.5 Å². The van der Waals surface area contributed by atoms with E-state index in [0.717, 1.165) is 6.42 Å². The molecule has 0 saturated carbocycles. The lowest BCUT2D eigenvalue weighted by Gasteiger charge is -2.44. The SMILES string of the molecule is CCOC(=O)CC1(N(C)C)CC(C)(C)OC1(C)C. The molecule has 0 aliphatic carbocycles. The van der Waals surface area contributed by atoms with Crippen LogP contribution in [0.2, 0.25) is 0 Å². The summed E-state index contributed by atoms with van der Waals surface area (Å²) >= 11 is 0. The number of carbonyl (C=O) groups excluding carboxylic acids is 1. The van der Waals surface area contributed by atoms with Gasteiger partial charge in [-0.05, 0) is 55.1 Å². The maximum Gasteiger partial charge on any atom is 0.307 e. The Kier molecular flexibility index (Phi) is 4.13. The van der Waals surface area contributed by atoms with Crippen molar-refractivity contribution in [3.05, 3.63) is 0 Å².